The molecule has 7 nitrogen and oxygen atoms in total. The molecule has 1 aliphatic heterocycles. The van der Waals surface area contributed by atoms with Crippen LogP contribution in [0.3, 0.4) is 0 Å². The molecular formula is C18H17ClN6O. The minimum absolute atomic E-state index is 0.0257. The number of aromatic nitrogens is 4. The molecule has 0 aliphatic carbocycles. The lowest BCUT2D eigenvalue weighted by atomic mass is 10.2. The van der Waals surface area contributed by atoms with E-state index < -0.39 is 0 Å². The second kappa shape index (κ2) is 7.13. The number of carbonyl (C=O) groups excluding carboxylic acids is 1. The van der Waals surface area contributed by atoms with Gasteiger partial charge in [-0.05, 0) is 36.8 Å². The van der Waals surface area contributed by atoms with Crippen molar-refractivity contribution in [1.29, 1.82) is 0 Å². The van der Waals surface area contributed by atoms with Crippen molar-refractivity contribution in [1.82, 2.24) is 25.3 Å². The van der Waals surface area contributed by atoms with Gasteiger partial charge in [0.2, 0.25) is 5.95 Å². The maximum absolute atomic E-state index is 12.3. The van der Waals surface area contributed by atoms with Crippen molar-refractivity contribution in [2.24, 2.45) is 0 Å². The third kappa shape index (κ3) is 3.52. The molecule has 3 aromatic rings. The molecule has 8 heteroatoms. The quantitative estimate of drug-likeness (QED) is 0.739. The van der Waals surface area contributed by atoms with E-state index in [1.165, 1.54) is 6.20 Å². The molecule has 0 saturated carbocycles. The van der Waals surface area contributed by atoms with Crippen molar-refractivity contribution in [2.75, 3.05) is 18.0 Å². The van der Waals surface area contributed by atoms with E-state index >= 15 is 0 Å². The molecule has 2 N–H and O–H groups in total. The van der Waals surface area contributed by atoms with Gasteiger partial charge in [0.05, 0.1) is 16.4 Å². The number of hydrogen-bond donors (Lipinski definition) is 2. The van der Waals surface area contributed by atoms with Crippen molar-refractivity contribution >= 4 is 23.5 Å². The summed E-state index contributed by atoms with van der Waals surface area (Å²) in [6.07, 6.45) is 5.91. The minimum Gasteiger partial charge on any atom is -0.360 e. The molecular weight excluding hydrogens is 352 g/mol. The minimum atomic E-state index is -0.199. The Morgan fingerprint density at radius 1 is 1.27 bits per heavy atom. The monoisotopic (exact) mass is 368 g/mol. The maximum atomic E-state index is 12.3. The van der Waals surface area contributed by atoms with Crippen molar-refractivity contribution in [3.8, 4) is 11.4 Å². The molecule has 1 unspecified atom stereocenters. The van der Waals surface area contributed by atoms with Gasteiger partial charge in [-0.1, -0.05) is 11.6 Å². The van der Waals surface area contributed by atoms with E-state index in [0.29, 0.717) is 23.2 Å². The number of hydrogen-bond acceptors (Lipinski definition) is 5. The van der Waals surface area contributed by atoms with Gasteiger partial charge in [0.25, 0.3) is 5.91 Å². The lowest BCUT2D eigenvalue weighted by Crippen LogP contribution is -2.37. The summed E-state index contributed by atoms with van der Waals surface area (Å²) in [5.41, 5.74) is 2.15. The molecule has 1 fully saturated rings. The fourth-order valence-electron chi connectivity index (χ4n) is 2.97. The average molecular weight is 369 g/mol. The van der Waals surface area contributed by atoms with Crippen molar-refractivity contribution in [3.63, 3.8) is 0 Å². The smallest absolute Gasteiger partial charge is 0.270 e. The summed E-state index contributed by atoms with van der Waals surface area (Å²) in [7, 11) is 0. The first-order chi connectivity index (χ1) is 12.7. The molecule has 1 aliphatic rings. The van der Waals surface area contributed by atoms with Crippen LogP contribution < -0.4 is 10.2 Å². The fraction of sp³-hybridized carbons (Fsp3) is 0.222. The number of nitrogens with one attached hydrogen (secondary N) is 2. The van der Waals surface area contributed by atoms with Gasteiger partial charge in [-0.2, -0.15) is 0 Å². The zero-order valence-electron chi connectivity index (χ0n) is 13.9. The van der Waals surface area contributed by atoms with Gasteiger partial charge in [0, 0.05) is 37.7 Å². The van der Waals surface area contributed by atoms with Crippen molar-refractivity contribution in [2.45, 2.75) is 12.5 Å². The summed E-state index contributed by atoms with van der Waals surface area (Å²) in [4.78, 5) is 30.6. The largest absolute Gasteiger partial charge is 0.360 e. The lowest BCUT2D eigenvalue weighted by Gasteiger charge is -2.17. The normalized spacial score (nSPS) is 16.7. The molecule has 0 radical (unpaired) electrons. The number of anilines is 1. The zero-order chi connectivity index (χ0) is 17.9. The average Bonchev–Trinajstić information content (AvgIpc) is 3.34. The van der Waals surface area contributed by atoms with Crippen LogP contribution in [0.25, 0.3) is 11.4 Å². The van der Waals surface area contributed by atoms with Crippen molar-refractivity contribution < 1.29 is 4.79 Å². The molecule has 3 aromatic heterocycles. The van der Waals surface area contributed by atoms with E-state index in [1.54, 1.807) is 18.3 Å². The molecule has 1 atom stereocenters. The predicted octanol–water partition coefficient (Wildman–Crippen LogP) is 2.53. The first-order valence-electron chi connectivity index (χ1n) is 8.33. The number of aromatic amines is 1. The van der Waals surface area contributed by atoms with Gasteiger partial charge in [-0.25, -0.2) is 15.0 Å². The van der Waals surface area contributed by atoms with E-state index in [-0.39, 0.29) is 11.9 Å². The molecule has 0 aromatic carbocycles. The lowest BCUT2D eigenvalue weighted by molar-refractivity contribution is 0.0935. The summed E-state index contributed by atoms with van der Waals surface area (Å²) in [6, 6.07) is 9.08. The van der Waals surface area contributed by atoms with E-state index in [1.807, 2.05) is 24.4 Å². The standard InChI is InChI=1S/C18H17ClN6O/c19-12-3-4-16(22-10-12)17(26)23-13-6-9-25(11-13)18-21-8-5-15(24-18)14-2-1-7-20-14/h1-5,7-8,10,13,20H,6,9,11H2,(H,23,26). The van der Waals surface area contributed by atoms with Gasteiger partial charge >= 0.3 is 0 Å². The van der Waals surface area contributed by atoms with Crippen LogP contribution in [0.15, 0.2) is 48.9 Å². The third-order valence-corrected chi connectivity index (χ3v) is 4.51. The van der Waals surface area contributed by atoms with Gasteiger partial charge in [-0.3, -0.25) is 4.79 Å². The van der Waals surface area contributed by atoms with E-state index in [0.717, 1.165) is 24.4 Å². The van der Waals surface area contributed by atoms with E-state index in [9.17, 15) is 4.79 Å². The number of H-pyrrole nitrogens is 1. The number of pyridine rings is 1. The zero-order valence-corrected chi connectivity index (χ0v) is 14.6. The van der Waals surface area contributed by atoms with Crippen LogP contribution in [-0.4, -0.2) is 45.0 Å². The molecule has 1 amide bonds. The van der Waals surface area contributed by atoms with Crippen LogP contribution >= 0.6 is 11.6 Å². The predicted molar refractivity (Wildman–Crippen MR) is 99.1 cm³/mol. The third-order valence-electron chi connectivity index (χ3n) is 4.28. The molecule has 26 heavy (non-hydrogen) atoms. The van der Waals surface area contributed by atoms with Gasteiger partial charge in [-0.15, -0.1) is 0 Å². The Balaban J connectivity index is 1.41. The molecule has 132 valence electrons. The van der Waals surface area contributed by atoms with Crippen LogP contribution in [-0.2, 0) is 0 Å². The first kappa shape index (κ1) is 16.5. The number of rotatable bonds is 4. The number of amides is 1. The molecule has 4 rings (SSSR count). The van der Waals surface area contributed by atoms with Gasteiger partial charge in [0.1, 0.15) is 5.69 Å². The fourth-order valence-corrected chi connectivity index (χ4v) is 3.08. The summed E-state index contributed by atoms with van der Waals surface area (Å²) < 4.78 is 0. The number of nitrogens with zero attached hydrogens (tertiary/aromatic N) is 4. The Hall–Kier alpha value is -2.93. The van der Waals surface area contributed by atoms with Crippen LogP contribution in [0.1, 0.15) is 16.9 Å². The SMILES string of the molecule is O=C(NC1CCN(c2nccc(-c3ccc[nH]3)n2)C1)c1ccc(Cl)cn1. The number of halogens is 1. The van der Waals surface area contributed by atoms with Crippen LogP contribution in [0, 0.1) is 0 Å². The second-order valence-electron chi connectivity index (χ2n) is 6.09. The summed E-state index contributed by atoms with van der Waals surface area (Å²) in [6.45, 7) is 1.45. The Labute approximate surface area is 155 Å². The maximum Gasteiger partial charge on any atom is 0.270 e. The summed E-state index contributed by atoms with van der Waals surface area (Å²) in [5, 5.41) is 3.52. The first-order valence-corrected chi connectivity index (χ1v) is 8.71. The highest BCUT2D eigenvalue weighted by atomic mass is 35.5. The van der Waals surface area contributed by atoms with E-state index in [2.05, 4.69) is 30.2 Å². The van der Waals surface area contributed by atoms with Gasteiger partial charge in [0.15, 0.2) is 0 Å². The summed E-state index contributed by atoms with van der Waals surface area (Å²) >= 11 is 5.81. The summed E-state index contributed by atoms with van der Waals surface area (Å²) in [5.74, 6) is 0.466. The highest BCUT2D eigenvalue weighted by Gasteiger charge is 2.26. The number of carbonyl (C=O) groups is 1. The highest BCUT2D eigenvalue weighted by Crippen LogP contribution is 2.20. The topological polar surface area (TPSA) is 86.8 Å². The van der Waals surface area contributed by atoms with E-state index in [4.69, 9.17) is 11.6 Å². The van der Waals surface area contributed by atoms with Crippen molar-refractivity contribution in [3.05, 3.63) is 59.6 Å². The molecule has 0 spiro atoms. The Morgan fingerprint density at radius 2 is 2.19 bits per heavy atom. The van der Waals surface area contributed by atoms with Gasteiger partial charge < -0.3 is 15.2 Å². The van der Waals surface area contributed by atoms with Crippen LogP contribution in [0.4, 0.5) is 5.95 Å². The Bertz CT molecular complexity index is 896. The second-order valence-corrected chi connectivity index (χ2v) is 6.53. The van der Waals surface area contributed by atoms with Crippen LogP contribution in [0.5, 0.6) is 0 Å². The Morgan fingerprint density at radius 3 is 2.96 bits per heavy atom. The molecule has 1 saturated heterocycles. The molecule has 4 heterocycles. The Kier molecular flexibility index (Phi) is 4.53. The van der Waals surface area contributed by atoms with Crippen LogP contribution in [0.2, 0.25) is 5.02 Å². The highest BCUT2D eigenvalue weighted by molar-refractivity contribution is 6.30. The molecule has 0 bridgehead atoms.